The maximum Gasteiger partial charge on any atom is 0.573 e. The molecule has 0 fully saturated rings. The number of anilines is 1. The summed E-state index contributed by atoms with van der Waals surface area (Å²) in [7, 11) is 0. The van der Waals surface area contributed by atoms with E-state index in [1.807, 2.05) is 48.5 Å². The lowest BCUT2D eigenvalue weighted by atomic mass is 9.82. The van der Waals surface area contributed by atoms with Gasteiger partial charge in [0, 0.05) is 12.1 Å². The monoisotopic (exact) mass is 466 g/mol. The van der Waals surface area contributed by atoms with Crippen LogP contribution in [0.2, 0.25) is 0 Å². The van der Waals surface area contributed by atoms with Crippen molar-refractivity contribution in [1.82, 2.24) is 0 Å². The van der Waals surface area contributed by atoms with E-state index in [1.165, 1.54) is 12.1 Å². The topological polar surface area (TPSA) is 70.9 Å². The van der Waals surface area contributed by atoms with Gasteiger partial charge < -0.3 is 15.2 Å². The maximum absolute atomic E-state index is 13.1. The van der Waals surface area contributed by atoms with Crippen molar-refractivity contribution in [3.63, 3.8) is 0 Å². The van der Waals surface area contributed by atoms with Crippen molar-refractivity contribution in [1.29, 1.82) is 0 Å². The standard InChI is InChI=1S/C26H21F3N2O3/c27-26(28,29)34-21-13-11-20(12-14-21)31-25(33)24-22(30-19-9-5-2-6-10-19)15-18(16-23(24)32)17-7-3-1-4-8-17/h1-14,18,32H,15-16H2,(H,31,33). The Kier molecular flexibility index (Phi) is 6.67. The largest absolute Gasteiger partial charge is 0.573 e. The summed E-state index contributed by atoms with van der Waals surface area (Å²) in [6.07, 6.45) is -4.11. The number of nitrogens with zero attached hydrogens (tertiary/aromatic N) is 1. The number of halogens is 3. The fraction of sp³-hybridized carbons (Fsp3) is 0.154. The number of nitrogens with one attached hydrogen (secondary N) is 1. The van der Waals surface area contributed by atoms with Crippen molar-refractivity contribution < 1.29 is 27.8 Å². The highest BCUT2D eigenvalue weighted by Gasteiger charge is 2.32. The van der Waals surface area contributed by atoms with Crippen molar-refractivity contribution in [2.24, 2.45) is 4.99 Å². The average Bonchev–Trinajstić information content (AvgIpc) is 2.80. The number of rotatable bonds is 5. The highest BCUT2D eigenvalue weighted by atomic mass is 19.4. The fourth-order valence-corrected chi connectivity index (χ4v) is 3.83. The van der Waals surface area contributed by atoms with Crippen LogP contribution in [-0.2, 0) is 4.79 Å². The molecular weight excluding hydrogens is 445 g/mol. The fourth-order valence-electron chi connectivity index (χ4n) is 3.83. The predicted octanol–water partition coefficient (Wildman–Crippen LogP) is 6.69. The summed E-state index contributed by atoms with van der Waals surface area (Å²) in [6.45, 7) is 0. The number of alkyl halides is 3. The van der Waals surface area contributed by atoms with Crippen molar-refractivity contribution in [2.75, 3.05) is 5.32 Å². The second kappa shape index (κ2) is 9.82. The van der Waals surface area contributed by atoms with Crippen LogP contribution in [0, 0.1) is 0 Å². The Labute approximate surface area is 194 Å². The lowest BCUT2D eigenvalue weighted by Gasteiger charge is -2.26. The number of ether oxygens (including phenoxy) is 1. The molecular formula is C26H21F3N2O3. The summed E-state index contributed by atoms with van der Waals surface area (Å²) < 4.78 is 41.0. The number of allylic oxidation sites excluding steroid dienone is 1. The van der Waals surface area contributed by atoms with Crippen molar-refractivity contribution in [3.05, 3.63) is 102 Å². The van der Waals surface area contributed by atoms with Crippen molar-refractivity contribution >= 4 is 23.0 Å². The molecule has 0 heterocycles. The van der Waals surface area contributed by atoms with Crippen LogP contribution in [0.15, 0.2) is 101 Å². The third-order valence-electron chi connectivity index (χ3n) is 5.32. The quantitative estimate of drug-likeness (QED) is 0.440. The Balaban J connectivity index is 1.62. The van der Waals surface area contributed by atoms with Gasteiger partial charge >= 0.3 is 6.36 Å². The molecule has 1 aliphatic carbocycles. The van der Waals surface area contributed by atoms with E-state index in [2.05, 4.69) is 15.0 Å². The van der Waals surface area contributed by atoms with Crippen molar-refractivity contribution in [3.8, 4) is 5.75 Å². The number of aliphatic hydroxyl groups excluding tert-OH is 1. The lowest BCUT2D eigenvalue weighted by Crippen LogP contribution is -2.28. The van der Waals surface area contributed by atoms with E-state index >= 15 is 0 Å². The number of amides is 1. The number of para-hydroxylation sites is 1. The zero-order valence-corrected chi connectivity index (χ0v) is 17.9. The molecule has 1 unspecified atom stereocenters. The third kappa shape index (κ3) is 5.83. The molecule has 5 nitrogen and oxygen atoms in total. The van der Waals surface area contributed by atoms with Gasteiger partial charge in [-0.15, -0.1) is 13.2 Å². The first-order valence-corrected chi connectivity index (χ1v) is 10.6. The number of aliphatic imine (C=N–C) groups is 1. The number of benzene rings is 3. The molecule has 2 N–H and O–H groups in total. The molecule has 0 radical (unpaired) electrons. The molecule has 0 bridgehead atoms. The minimum atomic E-state index is -4.80. The van der Waals surface area contributed by atoms with Gasteiger partial charge in [-0.1, -0.05) is 48.5 Å². The molecule has 0 spiro atoms. The van der Waals surface area contributed by atoms with E-state index in [0.29, 0.717) is 17.8 Å². The molecule has 0 saturated heterocycles. The van der Waals surface area contributed by atoms with E-state index in [1.54, 1.807) is 12.1 Å². The molecule has 0 saturated carbocycles. The summed E-state index contributed by atoms with van der Waals surface area (Å²) in [6, 6.07) is 23.5. The number of hydrogen-bond donors (Lipinski definition) is 2. The van der Waals surface area contributed by atoms with Gasteiger partial charge in [-0.3, -0.25) is 9.79 Å². The van der Waals surface area contributed by atoms with Gasteiger partial charge in [-0.25, -0.2) is 0 Å². The van der Waals surface area contributed by atoms with Gasteiger partial charge in [-0.05, 0) is 54.3 Å². The highest BCUT2D eigenvalue weighted by molar-refractivity contribution is 6.26. The van der Waals surface area contributed by atoms with Crippen LogP contribution in [0.4, 0.5) is 24.5 Å². The first-order valence-electron chi connectivity index (χ1n) is 10.6. The van der Waals surface area contributed by atoms with E-state index in [0.717, 1.165) is 17.7 Å². The molecule has 1 amide bonds. The Morgan fingerprint density at radius 1 is 0.912 bits per heavy atom. The van der Waals surface area contributed by atoms with Gasteiger partial charge in [0.1, 0.15) is 11.5 Å². The minimum absolute atomic E-state index is 0.0565. The van der Waals surface area contributed by atoms with Crippen LogP contribution in [0.1, 0.15) is 24.3 Å². The second-order valence-corrected chi connectivity index (χ2v) is 7.76. The zero-order chi connectivity index (χ0) is 24.1. The summed E-state index contributed by atoms with van der Waals surface area (Å²) >= 11 is 0. The third-order valence-corrected chi connectivity index (χ3v) is 5.32. The van der Waals surface area contributed by atoms with E-state index in [4.69, 9.17) is 0 Å². The van der Waals surface area contributed by atoms with Crippen LogP contribution >= 0.6 is 0 Å². The second-order valence-electron chi connectivity index (χ2n) is 7.76. The number of hydrogen-bond acceptors (Lipinski definition) is 4. The molecule has 1 aliphatic rings. The highest BCUT2D eigenvalue weighted by Crippen LogP contribution is 2.35. The van der Waals surface area contributed by atoms with Gasteiger partial charge in [0.05, 0.1) is 17.0 Å². The van der Waals surface area contributed by atoms with Gasteiger partial charge in [0.15, 0.2) is 0 Å². The summed E-state index contributed by atoms with van der Waals surface area (Å²) in [5, 5.41) is 13.5. The van der Waals surface area contributed by atoms with Crippen LogP contribution in [0.25, 0.3) is 0 Å². The molecule has 4 rings (SSSR count). The summed E-state index contributed by atoms with van der Waals surface area (Å²) in [5.41, 5.74) is 2.40. The lowest BCUT2D eigenvalue weighted by molar-refractivity contribution is -0.274. The summed E-state index contributed by atoms with van der Waals surface area (Å²) in [4.78, 5) is 17.8. The molecule has 3 aromatic rings. The first kappa shape index (κ1) is 23.1. The first-order chi connectivity index (χ1) is 16.3. The van der Waals surface area contributed by atoms with Gasteiger partial charge in [0.2, 0.25) is 0 Å². The Morgan fingerprint density at radius 3 is 2.15 bits per heavy atom. The number of aliphatic hydroxyl groups is 1. The van der Waals surface area contributed by atoms with E-state index in [9.17, 15) is 23.1 Å². The number of carbonyl (C=O) groups is 1. The van der Waals surface area contributed by atoms with Gasteiger partial charge in [0.25, 0.3) is 5.91 Å². The van der Waals surface area contributed by atoms with Crippen LogP contribution < -0.4 is 10.1 Å². The smallest absolute Gasteiger partial charge is 0.511 e. The van der Waals surface area contributed by atoms with Crippen molar-refractivity contribution in [2.45, 2.75) is 25.1 Å². The zero-order valence-electron chi connectivity index (χ0n) is 17.9. The molecule has 0 aliphatic heterocycles. The molecule has 1 atom stereocenters. The molecule has 34 heavy (non-hydrogen) atoms. The average molecular weight is 466 g/mol. The van der Waals surface area contributed by atoms with Crippen LogP contribution in [-0.4, -0.2) is 23.1 Å². The number of carbonyl (C=O) groups excluding carboxylic acids is 1. The Bertz CT molecular complexity index is 1210. The van der Waals surface area contributed by atoms with Crippen LogP contribution in [0.3, 0.4) is 0 Å². The molecule has 3 aromatic carbocycles. The molecule has 0 aromatic heterocycles. The minimum Gasteiger partial charge on any atom is -0.511 e. The van der Waals surface area contributed by atoms with Crippen LogP contribution in [0.5, 0.6) is 5.75 Å². The van der Waals surface area contributed by atoms with Gasteiger partial charge in [-0.2, -0.15) is 0 Å². The predicted molar refractivity (Wildman–Crippen MR) is 123 cm³/mol. The van der Waals surface area contributed by atoms with E-state index < -0.39 is 18.0 Å². The molecule has 8 heteroatoms. The maximum atomic E-state index is 13.1. The SMILES string of the molecule is O=C(Nc1ccc(OC(F)(F)F)cc1)C1=C(O)CC(c2ccccc2)CC1=Nc1ccccc1. The normalized spacial score (nSPS) is 17.5. The Morgan fingerprint density at radius 2 is 1.53 bits per heavy atom. The molecule has 174 valence electrons. The Hall–Kier alpha value is -4.07. The summed E-state index contributed by atoms with van der Waals surface area (Å²) in [5.74, 6) is -1.14. The van der Waals surface area contributed by atoms with E-state index in [-0.39, 0.29) is 29.4 Å².